The second-order valence-corrected chi connectivity index (χ2v) is 7.95. The number of nitriles is 1. The summed E-state index contributed by atoms with van der Waals surface area (Å²) in [7, 11) is 0. The highest BCUT2D eigenvalue weighted by atomic mass is 35.5. The lowest BCUT2D eigenvalue weighted by molar-refractivity contribution is 0.215. The third kappa shape index (κ3) is 4.22. The number of anilines is 1. The van der Waals surface area contributed by atoms with Crippen molar-refractivity contribution in [2.45, 2.75) is 13.0 Å². The van der Waals surface area contributed by atoms with Gasteiger partial charge < -0.3 is 5.32 Å². The van der Waals surface area contributed by atoms with Gasteiger partial charge in [-0.3, -0.25) is 4.68 Å². The Morgan fingerprint density at radius 3 is 2.59 bits per heavy atom. The van der Waals surface area contributed by atoms with Crippen LogP contribution in [-0.2, 0) is 0 Å². The molecule has 1 aliphatic heterocycles. The van der Waals surface area contributed by atoms with E-state index in [1.165, 1.54) is 16.0 Å². The Hall–Kier alpha value is -4.56. The standard InChI is InChI=1S/C22H17ClN10O/c1-14-27-30-33(28-14)19-8-6-18(7-9-19)26-22(34)32-13-20(31-12-15(10-24)11-25-31)21(29-32)16-2-4-17(23)5-3-16/h2-9,11-12,20H,13H2,1H3,(H,26,34). The van der Waals surface area contributed by atoms with Crippen LogP contribution >= 0.6 is 11.6 Å². The number of hydrazone groups is 1. The average Bonchev–Trinajstić information content (AvgIpc) is 3.59. The number of nitrogens with zero attached hydrogens (tertiary/aromatic N) is 9. The molecule has 4 aromatic rings. The van der Waals surface area contributed by atoms with E-state index in [1.807, 2.05) is 12.1 Å². The zero-order valence-electron chi connectivity index (χ0n) is 17.9. The molecule has 12 heteroatoms. The molecule has 11 nitrogen and oxygen atoms in total. The summed E-state index contributed by atoms with van der Waals surface area (Å²) >= 11 is 6.03. The van der Waals surface area contributed by atoms with Gasteiger partial charge in [-0.1, -0.05) is 23.7 Å². The van der Waals surface area contributed by atoms with Crippen LogP contribution < -0.4 is 5.32 Å². The van der Waals surface area contributed by atoms with E-state index in [9.17, 15) is 4.79 Å². The number of tetrazole rings is 1. The molecule has 0 saturated heterocycles. The normalized spacial score (nSPS) is 15.1. The smallest absolute Gasteiger partial charge is 0.306 e. The lowest BCUT2D eigenvalue weighted by Crippen LogP contribution is -2.31. The van der Waals surface area contributed by atoms with Crippen molar-refractivity contribution in [3.63, 3.8) is 0 Å². The molecule has 0 bridgehead atoms. The summed E-state index contributed by atoms with van der Waals surface area (Å²) in [6, 6.07) is 15.5. The van der Waals surface area contributed by atoms with Gasteiger partial charge in [-0.05, 0) is 48.5 Å². The van der Waals surface area contributed by atoms with Crippen LogP contribution in [0.15, 0.2) is 66.0 Å². The van der Waals surface area contributed by atoms with Gasteiger partial charge in [0.25, 0.3) is 0 Å². The van der Waals surface area contributed by atoms with Crippen molar-refractivity contribution in [1.82, 2.24) is 35.0 Å². The first-order valence-electron chi connectivity index (χ1n) is 10.2. The predicted molar refractivity (Wildman–Crippen MR) is 124 cm³/mol. The van der Waals surface area contributed by atoms with E-state index in [2.05, 4.69) is 37.0 Å². The van der Waals surface area contributed by atoms with Crippen molar-refractivity contribution in [1.29, 1.82) is 5.26 Å². The number of halogens is 1. The summed E-state index contributed by atoms with van der Waals surface area (Å²) in [4.78, 5) is 14.4. The van der Waals surface area contributed by atoms with E-state index >= 15 is 0 Å². The Kier molecular flexibility index (Phi) is 5.49. The average molecular weight is 473 g/mol. The van der Waals surface area contributed by atoms with E-state index in [1.54, 1.807) is 54.2 Å². The van der Waals surface area contributed by atoms with Crippen LogP contribution in [0.2, 0.25) is 5.02 Å². The molecule has 0 saturated carbocycles. The number of aryl methyl sites for hydroxylation is 1. The van der Waals surface area contributed by atoms with E-state index in [-0.39, 0.29) is 12.6 Å². The topological polar surface area (TPSA) is 130 Å². The predicted octanol–water partition coefficient (Wildman–Crippen LogP) is 3.19. The minimum Gasteiger partial charge on any atom is -0.306 e. The second-order valence-electron chi connectivity index (χ2n) is 7.51. The van der Waals surface area contributed by atoms with E-state index < -0.39 is 6.03 Å². The molecule has 5 rings (SSSR count). The van der Waals surface area contributed by atoms with Crippen LogP contribution in [0, 0.1) is 18.3 Å². The van der Waals surface area contributed by atoms with E-state index in [4.69, 9.17) is 16.9 Å². The molecule has 0 aliphatic carbocycles. The van der Waals surface area contributed by atoms with Gasteiger partial charge >= 0.3 is 6.03 Å². The molecule has 2 aromatic carbocycles. The summed E-state index contributed by atoms with van der Waals surface area (Å²) in [6.45, 7) is 2.00. The number of hydrogen-bond acceptors (Lipinski definition) is 7. The number of urea groups is 1. The van der Waals surface area contributed by atoms with E-state index in [0.29, 0.717) is 27.8 Å². The monoisotopic (exact) mass is 472 g/mol. The molecule has 2 amide bonds. The largest absolute Gasteiger partial charge is 0.342 e. The molecular weight excluding hydrogens is 456 g/mol. The van der Waals surface area contributed by atoms with Crippen molar-refractivity contribution >= 4 is 29.0 Å². The van der Waals surface area contributed by atoms with Crippen molar-refractivity contribution in [2.75, 3.05) is 11.9 Å². The van der Waals surface area contributed by atoms with Crippen molar-refractivity contribution < 1.29 is 4.79 Å². The summed E-state index contributed by atoms with van der Waals surface area (Å²) in [6.07, 6.45) is 3.12. The van der Waals surface area contributed by atoms with Crippen LogP contribution in [0.25, 0.3) is 5.69 Å². The molecule has 168 valence electrons. The third-order valence-corrected chi connectivity index (χ3v) is 5.43. The Labute approximate surface area is 198 Å². The van der Waals surface area contributed by atoms with Crippen LogP contribution in [0.4, 0.5) is 10.5 Å². The van der Waals surface area contributed by atoms with E-state index in [0.717, 1.165) is 11.3 Å². The zero-order valence-corrected chi connectivity index (χ0v) is 18.6. The highest BCUT2D eigenvalue weighted by Gasteiger charge is 2.33. The van der Waals surface area contributed by atoms with Crippen LogP contribution in [0.1, 0.15) is 23.0 Å². The van der Waals surface area contributed by atoms with Crippen LogP contribution in [0.5, 0.6) is 0 Å². The van der Waals surface area contributed by atoms with Gasteiger partial charge in [0.1, 0.15) is 12.1 Å². The fourth-order valence-corrected chi connectivity index (χ4v) is 3.65. The first kappa shape index (κ1) is 21.3. The lowest BCUT2D eigenvalue weighted by atomic mass is 10.0. The number of rotatable bonds is 4. The van der Waals surface area contributed by atoms with Gasteiger partial charge in [-0.15, -0.1) is 15.0 Å². The Bertz CT molecular complexity index is 1420. The molecule has 0 radical (unpaired) electrons. The number of nitrogens with one attached hydrogen (secondary N) is 1. The number of amides is 2. The van der Waals surface area contributed by atoms with Gasteiger partial charge in [-0.2, -0.15) is 15.5 Å². The maximum atomic E-state index is 13.0. The van der Waals surface area contributed by atoms with Crippen LogP contribution in [-0.4, -0.2) is 53.3 Å². The summed E-state index contributed by atoms with van der Waals surface area (Å²) in [5.74, 6) is 0.564. The SMILES string of the molecule is Cc1nnn(-c2ccc(NC(=O)N3CC(n4cc(C#N)cn4)C(c4ccc(Cl)cc4)=N3)cc2)n1. The first-order valence-corrected chi connectivity index (χ1v) is 10.6. The fraction of sp³-hybridized carbons (Fsp3) is 0.136. The minimum atomic E-state index is -0.399. The van der Waals surface area contributed by atoms with Gasteiger partial charge in [-0.25, -0.2) is 9.80 Å². The molecule has 0 spiro atoms. The third-order valence-electron chi connectivity index (χ3n) is 5.18. The maximum Gasteiger partial charge on any atom is 0.342 e. The molecule has 1 atom stereocenters. The van der Waals surface area contributed by atoms with Crippen molar-refractivity contribution in [3.8, 4) is 11.8 Å². The zero-order chi connectivity index (χ0) is 23.7. The maximum absolute atomic E-state index is 13.0. The fourth-order valence-electron chi connectivity index (χ4n) is 3.52. The Balaban J connectivity index is 1.37. The van der Waals surface area contributed by atoms with Gasteiger partial charge in [0.2, 0.25) is 0 Å². The summed E-state index contributed by atoms with van der Waals surface area (Å²) in [5, 5.41) is 34.8. The Morgan fingerprint density at radius 1 is 1.18 bits per heavy atom. The number of carbonyl (C=O) groups is 1. The highest BCUT2D eigenvalue weighted by Crippen LogP contribution is 2.26. The number of benzene rings is 2. The molecule has 0 fully saturated rings. The molecule has 1 aliphatic rings. The van der Waals surface area contributed by atoms with Crippen molar-refractivity contribution in [2.24, 2.45) is 5.10 Å². The van der Waals surface area contributed by atoms with Gasteiger partial charge in [0, 0.05) is 22.5 Å². The molecule has 1 N–H and O–H groups in total. The number of aromatic nitrogens is 6. The molecule has 3 heterocycles. The summed E-state index contributed by atoms with van der Waals surface area (Å²) in [5.41, 5.74) is 3.18. The number of carbonyl (C=O) groups excluding carboxylic acids is 1. The first-order chi connectivity index (χ1) is 16.5. The summed E-state index contributed by atoms with van der Waals surface area (Å²) < 4.78 is 1.64. The second kappa shape index (κ2) is 8.76. The van der Waals surface area contributed by atoms with Crippen molar-refractivity contribution in [3.05, 3.63) is 82.9 Å². The highest BCUT2D eigenvalue weighted by molar-refractivity contribution is 6.30. The minimum absolute atomic E-state index is 0.247. The number of hydrogen-bond donors (Lipinski definition) is 1. The molecule has 34 heavy (non-hydrogen) atoms. The Morgan fingerprint density at radius 2 is 1.94 bits per heavy atom. The van der Waals surface area contributed by atoms with Crippen LogP contribution in [0.3, 0.4) is 0 Å². The molecular formula is C22H17ClN10O. The lowest BCUT2D eigenvalue weighted by Gasteiger charge is -2.16. The molecule has 2 aromatic heterocycles. The molecule has 1 unspecified atom stereocenters. The quantitative estimate of drug-likeness (QED) is 0.485. The van der Waals surface area contributed by atoms with Gasteiger partial charge in [0.15, 0.2) is 5.82 Å². The van der Waals surface area contributed by atoms with Gasteiger partial charge in [0.05, 0.1) is 29.7 Å².